The van der Waals surface area contributed by atoms with Gasteiger partial charge in [-0.25, -0.2) is 8.78 Å². The standard InChI is InChI=1S/C14H20F2N2/c1-10(13-8-11(15)5-6-14(13)16)18(2)9-12-4-3-7-17-12/h5-6,8,10,12,17H,3-4,7,9H2,1-2H3. The lowest BCUT2D eigenvalue weighted by Crippen LogP contribution is -2.36. The average Bonchev–Trinajstić information content (AvgIpc) is 2.84. The fourth-order valence-corrected chi connectivity index (χ4v) is 2.49. The maximum atomic E-state index is 13.7. The summed E-state index contributed by atoms with van der Waals surface area (Å²) < 4.78 is 26.9. The van der Waals surface area contributed by atoms with Crippen molar-refractivity contribution in [1.82, 2.24) is 10.2 Å². The average molecular weight is 254 g/mol. The van der Waals surface area contributed by atoms with Crippen molar-refractivity contribution < 1.29 is 8.78 Å². The normalized spacial score (nSPS) is 21.5. The second kappa shape index (κ2) is 5.76. The van der Waals surface area contributed by atoms with Crippen LogP contribution in [0.3, 0.4) is 0 Å². The first-order valence-electron chi connectivity index (χ1n) is 6.46. The fraction of sp³-hybridized carbons (Fsp3) is 0.571. The molecule has 4 heteroatoms. The second-order valence-electron chi connectivity index (χ2n) is 5.07. The van der Waals surface area contributed by atoms with E-state index in [1.807, 2.05) is 14.0 Å². The summed E-state index contributed by atoms with van der Waals surface area (Å²) >= 11 is 0. The van der Waals surface area contributed by atoms with Gasteiger partial charge in [0.1, 0.15) is 11.6 Å². The highest BCUT2D eigenvalue weighted by molar-refractivity contribution is 5.21. The zero-order chi connectivity index (χ0) is 13.1. The molecule has 1 aliphatic heterocycles. The zero-order valence-corrected chi connectivity index (χ0v) is 10.9. The Morgan fingerprint density at radius 1 is 1.44 bits per heavy atom. The first-order chi connectivity index (χ1) is 8.58. The number of nitrogens with zero attached hydrogens (tertiary/aromatic N) is 1. The van der Waals surface area contributed by atoms with Crippen LogP contribution in [0.5, 0.6) is 0 Å². The smallest absolute Gasteiger partial charge is 0.128 e. The molecule has 2 nitrogen and oxygen atoms in total. The molecule has 100 valence electrons. The van der Waals surface area contributed by atoms with Gasteiger partial charge in [0.2, 0.25) is 0 Å². The van der Waals surface area contributed by atoms with Gasteiger partial charge in [0.25, 0.3) is 0 Å². The topological polar surface area (TPSA) is 15.3 Å². The van der Waals surface area contributed by atoms with Crippen molar-refractivity contribution in [1.29, 1.82) is 0 Å². The predicted molar refractivity (Wildman–Crippen MR) is 68.4 cm³/mol. The van der Waals surface area contributed by atoms with Crippen molar-refractivity contribution in [2.45, 2.75) is 31.8 Å². The van der Waals surface area contributed by atoms with E-state index in [-0.39, 0.29) is 17.7 Å². The maximum absolute atomic E-state index is 13.7. The summed E-state index contributed by atoms with van der Waals surface area (Å²) in [6.45, 7) is 3.82. The van der Waals surface area contributed by atoms with Crippen LogP contribution in [0.25, 0.3) is 0 Å². The van der Waals surface area contributed by atoms with Crippen molar-refractivity contribution in [3.63, 3.8) is 0 Å². The highest BCUT2D eigenvalue weighted by Gasteiger charge is 2.21. The van der Waals surface area contributed by atoms with E-state index >= 15 is 0 Å². The molecule has 1 heterocycles. The van der Waals surface area contributed by atoms with Gasteiger partial charge in [0, 0.05) is 24.2 Å². The Bertz CT molecular complexity index is 403. The molecule has 0 aliphatic carbocycles. The van der Waals surface area contributed by atoms with E-state index in [9.17, 15) is 8.78 Å². The Morgan fingerprint density at radius 2 is 2.22 bits per heavy atom. The number of rotatable bonds is 4. The molecule has 18 heavy (non-hydrogen) atoms. The summed E-state index contributed by atoms with van der Waals surface area (Å²) in [7, 11) is 1.95. The molecule has 1 N–H and O–H groups in total. The van der Waals surface area contributed by atoms with Crippen LogP contribution < -0.4 is 5.32 Å². The lowest BCUT2D eigenvalue weighted by atomic mass is 10.1. The molecule has 0 spiro atoms. The van der Waals surface area contributed by atoms with Gasteiger partial charge in [-0.05, 0) is 51.6 Å². The van der Waals surface area contributed by atoms with Gasteiger partial charge in [0.05, 0.1) is 0 Å². The number of likely N-dealkylation sites (N-methyl/N-ethyl adjacent to an activating group) is 1. The van der Waals surface area contributed by atoms with Crippen LogP contribution in [0.1, 0.15) is 31.4 Å². The monoisotopic (exact) mass is 254 g/mol. The van der Waals surface area contributed by atoms with Gasteiger partial charge in [-0.3, -0.25) is 4.90 Å². The first-order valence-corrected chi connectivity index (χ1v) is 6.46. The van der Waals surface area contributed by atoms with E-state index in [0.717, 1.165) is 25.6 Å². The van der Waals surface area contributed by atoms with Crippen molar-refractivity contribution in [2.24, 2.45) is 0 Å². The highest BCUT2D eigenvalue weighted by atomic mass is 19.1. The van der Waals surface area contributed by atoms with Crippen LogP contribution in [0.4, 0.5) is 8.78 Å². The summed E-state index contributed by atoms with van der Waals surface area (Å²) in [6.07, 6.45) is 2.35. The number of hydrogen-bond acceptors (Lipinski definition) is 2. The van der Waals surface area contributed by atoms with Crippen LogP contribution >= 0.6 is 0 Å². The molecule has 0 amide bonds. The van der Waals surface area contributed by atoms with Gasteiger partial charge in [-0.15, -0.1) is 0 Å². The quantitative estimate of drug-likeness (QED) is 0.888. The van der Waals surface area contributed by atoms with Crippen LogP contribution in [0.15, 0.2) is 18.2 Å². The predicted octanol–water partition coefficient (Wildman–Crippen LogP) is 2.71. The Morgan fingerprint density at radius 3 is 2.89 bits per heavy atom. The fourth-order valence-electron chi connectivity index (χ4n) is 2.49. The number of halogens is 2. The SMILES string of the molecule is CC(c1cc(F)ccc1F)N(C)CC1CCCN1. The Kier molecular flexibility index (Phi) is 4.30. The Balaban J connectivity index is 2.04. The van der Waals surface area contributed by atoms with Crippen molar-refractivity contribution in [2.75, 3.05) is 20.1 Å². The van der Waals surface area contributed by atoms with Gasteiger partial charge < -0.3 is 5.32 Å². The van der Waals surface area contributed by atoms with Gasteiger partial charge in [0.15, 0.2) is 0 Å². The van der Waals surface area contributed by atoms with E-state index < -0.39 is 0 Å². The van der Waals surface area contributed by atoms with E-state index in [2.05, 4.69) is 10.2 Å². The van der Waals surface area contributed by atoms with E-state index in [1.54, 1.807) is 0 Å². The van der Waals surface area contributed by atoms with Crippen LogP contribution in [-0.4, -0.2) is 31.1 Å². The van der Waals surface area contributed by atoms with Gasteiger partial charge in [-0.2, -0.15) is 0 Å². The largest absolute Gasteiger partial charge is 0.313 e. The number of hydrogen-bond donors (Lipinski definition) is 1. The third-order valence-corrected chi connectivity index (χ3v) is 3.74. The maximum Gasteiger partial charge on any atom is 0.128 e. The van der Waals surface area contributed by atoms with Crippen molar-refractivity contribution in [3.05, 3.63) is 35.4 Å². The summed E-state index contributed by atoms with van der Waals surface area (Å²) in [5.41, 5.74) is 0.426. The molecule has 0 saturated carbocycles. The van der Waals surface area contributed by atoms with Crippen LogP contribution in [-0.2, 0) is 0 Å². The lowest BCUT2D eigenvalue weighted by molar-refractivity contribution is 0.233. The molecule has 0 bridgehead atoms. The van der Waals surface area contributed by atoms with Gasteiger partial charge in [-0.1, -0.05) is 0 Å². The minimum Gasteiger partial charge on any atom is -0.313 e. The molecule has 2 atom stereocenters. The lowest BCUT2D eigenvalue weighted by Gasteiger charge is -2.28. The summed E-state index contributed by atoms with van der Waals surface area (Å²) in [5, 5.41) is 3.41. The van der Waals surface area contributed by atoms with Crippen LogP contribution in [0.2, 0.25) is 0 Å². The summed E-state index contributed by atoms with van der Waals surface area (Å²) in [6, 6.07) is 3.99. The third kappa shape index (κ3) is 3.06. The van der Waals surface area contributed by atoms with Gasteiger partial charge >= 0.3 is 0 Å². The van der Waals surface area contributed by atoms with E-state index in [0.29, 0.717) is 11.6 Å². The molecule has 1 aliphatic rings. The molecule has 1 aromatic carbocycles. The molecular weight excluding hydrogens is 234 g/mol. The number of benzene rings is 1. The molecule has 2 rings (SSSR count). The first kappa shape index (κ1) is 13.4. The molecule has 1 aromatic rings. The number of nitrogens with one attached hydrogen (secondary N) is 1. The molecular formula is C14H20F2N2. The van der Waals surface area contributed by atoms with E-state index in [1.165, 1.54) is 18.6 Å². The van der Waals surface area contributed by atoms with Crippen LogP contribution in [0, 0.1) is 11.6 Å². The third-order valence-electron chi connectivity index (χ3n) is 3.74. The molecule has 0 aromatic heterocycles. The summed E-state index contributed by atoms with van der Waals surface area (Å²) in [5.74, 6) is -0.722. The molecule has 2 unspecified atom stereocenters. The second-order valence-corrected chi connectivity index (χ2v) is 5.07. The van der Waals surface area contributed by atoms with Crippen molar-refractivity contribution >= 4 is 0 Å². The summed E-state index contributed by atoms with van der Waals surface area (Å²) in [4.78, 5) is 2.07. The van der Waals surface area contributed by atoms with E-state index in [4.69, 9.17) is 0 Å². The molecule has 0 radical (unpaired) electrons. The Labute approximate surface area is 107 Å². The highest BCUT2D eigenvalue weighted by Crippen LogP contribution is 2.23. The molecule has 1 fully saturated rings. The van der Waals surface area contributed by atoms with Crippen molar-refractivity contribution in [3.8, 4) is 0 Å². The minimum absolute atomic E-state index is 0.122. The minimum atomic E-state index is -0.384. The Hall–Kier alpha value is -1.00. The molecule has 1 saturated heterocycles. The zero-order valence-electron chi connectivity index (χ0n) is 10.9.